The summed E-state index contributed by atoms with van der Waals surface area (Å²) in [6, 6.07) is 3.58. The Morgan fingerprint density at radius 3 is 2.93 bits per heavy atom. The minimum atomic E-state index is -2.45. The molecule has 3 heteroatoms. The number of fused-ring (bicyclic) bond motifs is 1. The van der Waals surface area contributed by atoms with E-state index in [2.05, 4.69) is 18.9 Å². The minimum Gasteiger partial charge on any atom is -0.494 e. The maximum absolute atomic E-state index is 7.17. The molecule has 0 aliphatic carbocycles. The van der Waals surface area contributed by atoms with Gasteiger partial charge in [0.25, 0.3) is 0 Å². The van der Waals surface area contributed by atoms with Crippen LogP contribution in [0.4, 0.5) is 0 Å². The third kappa shape index (κ3) is 1.58. The van der Waals surface area contributed by atoms with Gasteiger partial charge in [0.1, 0.15) is 11.3 Å². The Morgan fingerprint density at radius 2 is 2.27 bits per heavy atom. The molecule has 0 aliphatic heterocycles. The van der Waals surface area contributed by atoms with Crippen molar-refractivity contribution < 1.29 is 8.85 Å². The summed E-state index contributed by atoms with van der Waals surface area (Å²) >= 11 is 0. The molecular formula is C12H16N2O. The molecule has 0 radical (unpaired) electrons. The Hall–Kier alpha value is -1.51. The standard InChI is InChI=1S/C12H16N2O/c1-8(2)9-5-6-11(15-4)12-10(9)7-14(3)13-12/h5-8H,1-4H3/i4D3. The molecule has 0 N–H and O–H groups in total. The van der Waals surface area contributed by atoms with Gasteiger partial charge < -0.3 is 4.74 Å². The van der Waals surface area contributed by atoms with Crippen molar-refractivity contribution in [1.82, 2.24) is 9.78 Å². The van der Waals surface area contributed by atoms with Crippen LogP contribution in [0.2, 0.25) is 0 Å². The SMILES string of the molecule is [2H]C([2H])([2H])Oc1ccc(C(C)C)c2cn(C)nc12. The van der Waals surface area contributed by atoms with Gasteiger partial charge in [0.05, 0.1) is 11.2 Å². The van der Waals surface area contributed by atoms with Gasteiger partial charge in [-0.3, -0.25) is 4.68 Å². The van der Waals surface area contributed by atoms with Gasteiger partial charge >= 0.3 is 0 Å². The van der Waals surface area contributed by atoms with E-state index in [4.69, 9.17) is 8.85 Å². The van der Waals surface area contributed by atoms with E-state index in [9.17, 15) is 0 Å². The summed E-state index contributed by atoms with van der Waals surface area (Å²) in [4.78, 5) is 0. The molecule has 80 valence electrons. The summed E-state index contributed by atoms with van der Waals surface area (Å²) in [7, 11) is -0.646. The quantitative estimate of drug-likeness (QED) is 0.757. The van der Waals surface area contributed by atoms with Crippen LogP contribution in [0, 0.1) is 0 Å². The predicted octanol–water partition coefficient (Wildman–Crippen LogP) is 2.71. The lowest BCUT2D eigenvalue weighted by atomic mass is 9.99. The van der Waals surface area contributed by atoms with Crippen LogP contribution in [0.15, 0.2) is 18.3 Å². The largest absolute Gasteiger partial charge is 0.494 e. The van der Waals surface area contributed by atoms with E-state index in [0.29, 0.717) is 17.2 Å². The molecule has 0 fully saturated rings. The van der Waals surface area contributed by atoms with Gasteiger partial charge in [-0.2, -0.15) is 5.10 Å². The van der Waals surface area contributed by atoms with Crippen LogP contribution in [0.3, 0.4) is 0 Å². The lowest BCUT2D eigenvalue weighted by Gasteiger charge is -2.08. The van der Waals surface area contributed by atoms with Crippen LogP contribution in [-0.4, -0.2) is 16.8 Å². The lowest BCUT2D eigenvalue weighted by molar-refractivity contribution is 0.418. The first-order valence-electron chi connectivity index (χ1n) is 6.43. The van der Waals surface area contributed by atoms with Gasteiger partial charge in [0.2, 0.25) is 0 Å². The Bertz CT molecular complexity index is 572. The second kappa shape index (κ2) is 3.57. The van der Waals surface area contributed by atoms with Gasteiger partial charge in [-0.15, -0.1) is 0 Å². The van der Waals surface area contributed by atoms with Crippen molar-refractivity contribution in [2.45, 2.75) is 19.8 Å². The van der Waals surface area contributed by atoms with Crippen LogP contribution in [-0.2, 0) is 7.05 Å². The minimum absolute atomic E-state index is 0.301. The molecule has 0 spiro atoms. The highest BCUT2D eigenvalue weighted by molar-refractivity contribution is 5.87. The van der Waals surface area contributed by atoms with E-state index < -0.39 is 7.04 Å². The summed E-state index contributed by atoms with van der Waals surface area (Å²) < 4.78 is 28.2. The zero-order chi connectivity index (χ0) is 13.5. The number of hydrogen-bond donors (Lipinski definition) is 0. The van der Waals surface area contributed by atoms with Crippen LogP contribution >= 0.6 is 0 Å². The van der Waals surface area contributed by atoms with E-state index in [1.165, 1.54) is 0 Å². The number of rotatable bonds is 2. The molecule has 1 heterocycles. The molecule has 15 heavy (non-hydrogen) atoms. The summed E-state index contributed by atoms with van der Waals surface area (Å²) in [6.45, 7) is 4.18. The monoisotopic (exact) mass is 207 g/mol. The molecule has 0 amide bonds. The van der Waals surface area contributed by atoms with Crippen molar-refractivity contribution in [2.75, 3.05) is 7.04 Å². The molecule has 0 saturated heterocycles. The third-order valence-electron chi connectivity index (χ3n) is 2.52. The van der Waals surface area contributed by atoms with Crippen molar-refractivity contribution in [1.29, 1.82) is 0 Å². The predicted molar refractivity (Wildman–Crippen MR) is 61.4 cm³/mol. The number of ether oxygens (including phenoxy) is 1. The Balaban J connectivity index is 2.60. The molecule has 0 atom stereocenters. The molecule has 0 bridgehead atoms. The van der Waals surface area contributed by atoms with Gasteiger partial charge in [-0.25, -0.2) is 0 Å². The van der Waals surface area contributed by atoms with Crippen molar-refractivity contribution in [2.24, 2.45) is 7.05 Å². The van der Waals surface area contributed by atoms with Gasteiger partial charge in [0.15, 0.2) is 0 Å². The van der Waals surface area contributed by atoms with E-state index in [1.54, 1.807) is 10.7 Å². The highest BCUT2D eigenvalue weighted by Gasteiger charge is 2.11. The highest BCUT2D eigenvalue weighted by atomic mass is 16.5. The van der Waals surface area contributed by atoms with Gasteiger partial charge in [-0.1, -0.05) is 19.9 Å². The highest BCUT2D eigenvalue weighted by Crippen LogP contribution is 2.30. The second-order valence-corrected chi connectivity index (χ2v) is 3.97. The average Bonchev–Trinajstić information content (AvgIpc) is 2.57. The van der Waals surface area contributed by atoms with E-state index >= 15 is 0 Å². The molecule has 0 unspecified atom stereocenters. The fourth-order valence-corrected chi connectivity index (χ4v) is 1.80. The fourth-order valence-electron chi connectivity index (χ4n) is 1.80. The molecule has 2 rings (SSSR count). The molecule has 1 aromatic carbocycles. The zero-order valence-electron chi connectivity index (χ0n) is 12.1. The second-order valence-electron chi connectivity index (χ2n) is 3.97. The first kappa shape index (κ1) is 6.88. The first-order valence-corrected chi connectivity index (χ1v) is 4.93. The molecule has 0 saturated carbocycles. The average molecular weight is 207 g/mol. The van der Waals surface area contributed by atoms with Crippen LogP contribution < -0.4 is 4.74 Å². The summed E-state index contributed by atoms with van der Waals surface area (Å²) in [5, 5.41) is 5.22. The Morgan fingerprint density at radius 1 is 1.47 bits per heavy atom. The Kier molecular flexibility index (Phi) is 1.64. The third-order valence-corrected chi connectivity index (χ3v) is 2.52. The van der Waals surface area contributed by atoms with Crippen LogP contribution in [0.25, 0.3) is 10.9 Å². The van der Waals surface area contributed by atoms with Crippen molar-refractivity contribution in [3.8, 4) is 5.75 Å². The lowest BCUT2D eigenvalue weighted by Crippen LogP contribution is -1.91. The number of hydrogen-bond acceptors (Lipinski definition) is 2. The first-order chi connectivity index (χ1) is 8.28. The summed E-state index contributed by atoms with van der Waals surface area (Å²) in [6.07, 6.45) is 1.89. The van der Waals surface area contributed by atoms with Gasteiger partial charge in [-0.05, 0) is 17.5 Å². The van der Waals surface area contributed by atoms with E-state index in [-0.39, 0.29) is 0 Å². The molecule has 1 aromatic heterocycles. The smallest absolute Gasteiger partial charge is 0.146 e. The number of aromatic nitrogens is 2. The van der Waals surface area contributed by atoms with E-state index in [0.717, 1.165) is 10.9 Å². The Labute approximate surface area is 93.9 Å². The number of methoxy groups -OCH3 is 1. The number of nitrogens with zero attached hydrogens (tertiary/aromatic N) is 2. The van der Waals surface area contributed by atoms with Crippen LogP contribution in [0.5, 0.6) is 5.75 Å². The van der Waals surface area contributed by atoms with Crippen molar-refractivity contribution in [3.63, 3.8) is 0 Å². The molecule has 0 aliphatic rings. The number of aryl methyl sites for hydroxylation is 1. The summed E-state index contributed by atoms with van der Waals surface area (Å²) in [5.74, 6) is 0.647. The van der Waals surface area contributed by atoms with Crippen molar-refractivity contribution >= 4 is 10.9 Å². The maximum atomic E-state index is 7.17. The van der Waals surface area contributed by atoms with E-state index in [1.807, 2.05) is 19.3 Å². The summed E-state index contributed by atoms with van der Waals surface area (Å²) in [5.41, 5.74) is 1.73. The zero-order valence-corrected chi connectivity index (χ0v) is 9.11. The molecule has 2 aromatic rings. The van der Waals surface area contributed by atoms with Crippen molar-refractivity contribution in [3.05, 3.63) is 23.9 Å². The molecular weight excluding hydrogens is 188 g/mol. The fraction of sp³-hybridized carbons (Fsp3) is 0.417. The normalized spacial score (nSPS) is 15.1. The topological polar surface area (TPSA) is 27.1 Å². The maximum Gasteiger partial charge on any atom is 0.146 e. The number of benzene rings is 1. The molecule has 3 nitrogen and oxygen atoms in total. The van der Waals surface area contributed by atoms with Crippen LogP contribution in [0.1, 0.15) is 29.4 Å². The van der Waals surface area contributed by atoms with Gasteiger partial charge in [0, 0.05) is 18.6 Å².